The van der Waals surface area contributed by atoms with E-state index < -0.39 is 17.4 Å². The number of hydrogen-bond acceptors (Lipinski definition) is 6. The molecule has 0 spiro atoms. The van der Waals surface area contributed by atoms with Gasteiger partial charge in [-0.25, -0.2) is 0 Å². The summed E-state index contributed by atoms with van der Waals surface area (Å²) < 4.78 is 10.5. The van der Waals surface area contributed by atoms with Crippen LogP contribution >= 0.6 is 11.8 Å². The molecule has 1 aromatic rings. The highest BCUT2D eigenvalue weighted by Crippen LogP contribution is 2.32. The van der Waals surface area contributed by atoms with Gasteiger partial charge in [0.25, 0.3) is 0 Å². The van der Waals surface area contributed by atoms with E-state index in [0.29, 0.717) is 25.1 Å². The largest absolute Gasteiger partial charge is 0.465 e. The molecule has 0 unspecified atom stereocenters. The number of thioether (sulfide) groups is 1. The SMILES string of the molecule is CCOC(=O)C(CCSC)(CCN(C)Cc1ccccc1)C(=O)OCC. The average Bonchev–Trinajstić information content (AvgIpc) is 2.63. The summed E-state index contributed by atoms with van der Waals surface area (Å²) in [5, 5.41) is 0. The molecular formula is C20H31NO4S. The van der Waals surface area contributed by atoms with Crippen molar-refractivity contribution in [2.75, 3.05) is 38.8 Å². The number of carbonyl (C=O) groups is 2. The molecule has 0 aromatic heterocycles. The van der Waals surface area contributed by atoms with Crippen LogP contribution in [0.4, 0.5) is 0 Å². The second kappa shape index (κ2) is 12.0. The van der Waals surface area contributed by atoms with Crippen LogP contribution in [0.1, 0.15) is 32.3 Å². The third kappa shape index (κ3) is 6.65. The summed E-state index contributed by atoms with van der Waals surface area (Å²) in [5.74, 6) is -0.249. The van der Waals surface area contributed by atoms with Crippen LogP contribution in [-0.2, 0) is 25.6 Å². The standard InChI is InChI=1S/C20H31NO4S/c1-5-24-18(22)20(13-15-26-4,19(23)25-6-2)12-14-21(3)16-17-10-8-7-9-11-17/h7-11H,5-6,12-16H2,1-4H3. The van der Waals surface area contributed by atoms with Crippen molar-refractivity contribution in [2.24, 2.45) is 5.41 Å². The molecule has 1 aromatic carbocycles. The number of rotatable bonds is 12. The van der Waals surface area contributed by atoms with Crippen LogP contribution in [0.15, 0.2) is 30.3 Å². The lowest BCUT2D eigenvalue weighted by atomic mass is 9.81. The van der Waals surface area contributed by atoms with Crippen molar-refractivity contribution in [3.05, 3.63) is 35.9 Å². The monoisotopic (exact) mass is 381 g/mol. The summed E-state index contributed by atoms with van der Waals surface area (Å²) in [6, 6.07) is 10.1. The number of esters is 2. The number of nitrogens with zero attached hydrogens (tertiary/aromatic N) is 1. The van der Waals surface area contributed by atoms with Gasteiger partial charge >= 0.3 is 11.9 Å². The summed E-state index contributed by atoms with van der Waals surface area (Å²) in [6.45, 7) is 5.36. The van der Waals surface area contributed by atoms with Gasteiger partial charge in [0, 0.05) is 6.54 Å². The van der Waals surface area contributed by atoms with E-state index in [1.54, 1.807) is 25.6 Å². The normalized spacial score (nSPS) is 11.4. The fourth-order valence-electron chi connectivity index (χ4n) is 2.79. The highest BCUT2D eigenvalue weighted by Gasteiger charge is 2.48. The van der Waals surface area contributed by atoms with E-state index in [1.165, 1.54) is 5.56 Å². The summed E-state index contributed by atoms with van der Waals surface area (Å²) in [5.41, 5.74) is -0.0445. The van der Waals surface area contributed by atoms with Gasteiger partial charge in [-0.05, 0) is 57.9 Å². The number of carbonyl (C=O) groups excluding carboxylic acids is 2. The van der Waals surface area contributed by atoms with E-state index in [1.807, 2.05) is 31.5 Å². The smallest absolute Gasteiger partial charge is 0.323 e. The molecular weight excluding hydrogens is 350 g/mol. The molecule has 0 saturated heterocycles. The molecule has 0 N–H and O–H groups in total. The third-order valence-corrected chi connectivity index (χ3v) is 4.89. The van der Waals surface area contributed by atoms with E-state index in [2.05, 4.69) is 17.0 Å². The molecule has 0 aliphatic carbocycles. The molecule has 0 fully saturated rings. The zero-order valence-electron chi connectivity index (χ0n) is 16.3. The Bertz CT molecular complexity index is 532. The first-order valence-corrected chi connectivity index (χ1v) is 10.4. The first-order chi connectivity index (χ1) is 12.5. The van der Waals surface area contributed by atoms with Gasteiger partial charge in [-0.3, -0.25) is 9.59 Å². The molecule has 5 nitrogen and oxygen atoms in total. The predicted octanol–water partition coefficient (Wildman–Crippen LogP) is 3.37. The first kappa shape index (κ1) is 22.5. The maximum atomic E-state index is 12.7. The Labute approximate surface area is 161 Å². The minimum atomic E-state index is -1.24. The van der Waals surface area contributed by atoms with Crippen LogP contribution in [0, 0.1) is 5.41 Å². The van der Waals surface area contributed by atoms with Crippen LogP contribution in [0.25, 0.3) is 0 Å². The van der Waals surface area contributed by atoms with Crippen molar-refractivity contribution in [1.29, 1.82) is 0 Å². The van der Waals surface area contributed by atoms with Gasteiger partial charge in [-0.15, -0.1) is 0 Å². The van der Waals surface area contributed by atoms with Crippen LogP contribution in [-0.4, -0.2) is 55.7 Å². The van der Waals surface area contributed by atoms with Gasteiger partial charge in [0.05, 0.1) is 13.2 Å². The minimum absolute atomic E-state index is 0.249. The van der Waals surface area contributed by atoms with Gasteiger partial charge in [0.2, 0.25) is 0 Å². The zero-order chi connectivity index (χ0) is 19.4. The van der Waals surface area contributed by atoms with E-state index in [0.717, 1.165) is 6.54 Å². The van der Waals surface area contributed by atoms with Crippen molar-refractivity contribution in [1.82, 2.24) is 4.90 Å². The van der Waals surface area contributed by atoms with Crippen molar-refractivity contribution < 1.29 is 19.1 Å². The van der Waals surface area contributed by atoms with Crippen LogP contribution in [0.5, 0.6) is 0 Å². The molecule has 26 heavy (non-hydrogen) atoms. The molecule has 146 valence electrons. The highest BCUT2D eigenvalue weighted by atomic mass is 32.2. The van der Waals surface area contributed by atoms with E-state index >= 15 is 0 Å². The van der Waals surface area contributed by atoms with Gasteiger partial charge in [-0.1, -0.05) is 30.3 Å². The van der Waals surface area contributed by atoms with Gasteiger partial charge < -0.3 is 14.4 Å². The molecule has 0 radical (unpaired) electrons. The fourth-order valence-corrected chi connectivity index (χ4v) is 3.34. The molecule has 0 aliphatic rings. The Kier molecular flexibility index (Phi) is 10.4. The number of ether oxygens (including phenoxy) is 2. The van der Waals surface area contributed by atoms with Gasteiger partial charge in [0.1, 0.15) is 0 Å². The van der Waals surface area contributed by atoms with Crippen molar-refractivity contribution in [3.8, 4) is 0 Å². The Balaban J connectivity index is 2.90. The average molecular weight is 382 g/mol. The molecule has 6 heteroatoms. The maximum Gasteiger partial charge on any atom is 0.323 e. The number of benzene rings is 1. The Morgan fingerprint density at radius 3 is 2.12 bits per heavy atom. The quantitative estimate of drug-likeness (QED) is 0.409. The van der Waals surface area contributed by atoms with Crippen LogP contribution in [0.3, 0.4) is 0 Å². The van der Waals surface area contributed by atoms with Crippen molar-refractivity contribution in [2.45, 2.75) is 33.2 Å². The van der Waals surface area contributed by atoms with Crippen molar-refractivity contribution in [3.63, 3.8) is 0 Å². The topological polar surface area (TPSA) is 55.8 Å². The van der Waals surface area contributed by atoms with Crippen LogP contribution < -0.4 is 0 Å². The molecule has 0 atom stereocenters. The van der Waals surface area contributed by atoms with Crippen LogP contribution in [0.2, 0.25) is 0 Å². The second-order valence-electron chi connectivity index (χ2n) is 6.24. The molecule has 0 bridgehead atoms. The summed E-state index contributed by atoms with van der Waals surface area (Å²) in [7, 11) is 1.99. The second-order valence-corrected chi connectivity index (χ2v) is 7.22. The Hall–Kier alpha value is -1.53. The minimum Gasteiger partial charge on any atom is -0.465 e. The van der Waals surface area contributed by atoms with Gasteiger partial charge in [-0.2, -0.15) is 11.8 Å². The molecule has 0 saturated carbocycles. The lowest BCUT2D eigenvalue weighted by Crippen LogP contribution is -2.44. The Morgan fingerprint density at radius 1 is 1.04 bits per heavy atom. The maximum absolute atomic E-state index is 12.7. The zero-order valence-corrected chi connectivity index (χ0v) is 17.1. The first-order valence-electron chi connectivity index (χ1n) is 9.06. The Morgan fingerprint density at radius 2 is 1.62 bits per heavy atom. The summed E-state index contributed by atoms with van der Waals surface area (Å²) in [6.07, 6.45) is 2.77. The predicted molar refractivity (Wildman–Crippen MR) is 106 cm³/mol. The highest BCUT2D eigenvalue weighted by molar-refractivity contribution is 7.98. The van der Waals surface area contributed by atoms with E-state index in [9.17, 15) is 9.59 Å². The van der Waals surface area contributed by atoms with Crippen molar-refractivity contribution >= 4 is 23.7 Å². The molecule has 0 heterocycles. The molecule has 1 rings (SSSR count). The van der Waals surface area contributed by atoms with Gasteiger partial charge in [0.15, 0.2) is 5.41 Å². The van der Waals surface area contributed by atoms with E-state index in [4.69, 9.17) is 9.47 Å². The summed E-state index contributed by atoms with van der Waals surface area (Å²) >= 11 is 1.61. The fraction of sp³-hybridized carbons (Fsp3) is 0.600. The number of hydrogen-bond donors (Lipinski definition) is 0. The third-order valence-electron chi connectivity index (χ3n) is 4.28. The lowest BCUT2D eigenvalue weighted by molar-refractivity contribution is -0.173. The lowest BCUT2D eigenvalue weighted by Gasteiger charge is -2.30. The summed E-state index contributed by atoms with van der Waals surface area (Å²) in [4.78, 5) is 27.5. The molecule has 0 amide bonds. The van der Waals surface area contributed by atoms with E-state index in [-0.39, 0.29) is 13.2 Å². The molecule has 0 aliphatic heterocycles.